The fraction of sp³-hybridized carbons (Fsp3) is 0.438. The summed E-state index contributed by atoms with van der Waals surface area (Å²) < 4.78 is 0. The van der Waals surface area contributed by atoms with Crippen molar-refractivity contribution in [2.45, 2.75) is 38.5 Å². The standard InChI is InChI=1S/C16H18O/c1-2-3-4-9-14-11-7-10-13-8-5-6-12-15(13)16(14)17/h1,5-6,8,12,14H,3-4,7,9-11H2. The maximum atomic E-state index is 12.4. The molecule has 88 valence electrons. The quantitative estimate of drug-likeness (QED) is 0.437. The summed E-state index contributed by atoms with van der Waals surface area (Å²) in [6, 6.07) is 8.03. The van der Waals surface area contributed by atoms with E-state index in [-0.39, 0.29) is 5.92 Å². The van der Waals surface area contributed by atoms with Crippen LogP contribution in [0.3, 0.4) is 0 Å². The third-order valence-corrected chi connectivity index (χ3v) is 3.53. The van der Waals surface area contributed by atoms with Gasteiger partial charge in [0.15, 0.2) is 5.78 Å². The molecule has 1 nitrogen and oxygen atoms in total. The minimum absolute atomic E-state index is 0.187. The maximum Gasteiger partial charge on any atom is 0.166 e. The van der Waals surface area contributed by atoms with Crippen LogP contribution in [0.5, 0.6) is 0 Å². The minimum Gasteiger partial charge on any atom is -0.294 e. The molecular formula is C16H18O. The lowest BCUT2D eigenvalue weighted by Gasteiger charge is -2.12. The first-order chi connectivity index (χ1) is 8.33. The lowest BCUT2D eigenvalue weighted by atomic mass is 9.91. The number of carbonyl (C=O) groups excluding carboxylic acids is 1. The van der Waals surface area contributed by atoms with Crippen LogP contribution >= 0.6 is 0 Å². The van der Waals surface area contributed by atoms with E-state index < -0.39 is 0 Å². The molecule has 2 rings (SSSR count). The summed E-state index contributed by atoms with van der Waals surface area (Å²) in [5.41, 5.74) is 2.16. The van der Waals surface area contributed by atoms with E-state index in [0.29, 0.717) is 5.78 Å². The molecule has 0 amide bonds. The second-order valence-corrected chi connectivity index (χ2v) is 4.71. The number of rotatable bonds is 3. The molecule has 0 saturated heterocycles. The highest BCUT2D eigenvalue weighted by Gasteiger charge is 2.24. The van der Waals surface area contributed by atoms with Gasteiger partial charge in [0.2, 0.25) is 0 Å². The van der Waals surface area contributed by atoms with Gasteiger partial charge >= 0.3 is 0 Å². The Morgan fingerprint density at radius 3 is 3.00 bits per heavy atom. The van der Waals surface area contributed by atoms with Gasteiger partial charge in [-0.25, -0.2) is 0 Å². The molecule has 0 heterocycles. The first-order valence-corrected chi connectivity index (χ1v) is 6.38. The average Bonchev–Trinajstić information content (AvgIpc) is 2.51. The summed E-state index contributed by atoms with van der Waals surface area (Å²) in [6.45, 7) is 0. The van der Waals surface area contributed by atoms with Crippen molar-refractivity contribution in [3.8, 4) is 12.3 Å². The third-order valence-electron chi connectivity index (χ3n) is 3.53. The highest BCUT2D eigenvalue weighted by molar-refractivity contribution is 5.99. The maximum absolute atomic E-state index is 12.4. The summed E-state index contributed by atoms with van der Waals surface area (Å²) in [4.78, 5) is 12.4. The Balaban J connectivity index is 2.12. The summed E-state index contributed by atoms with van der Waals surface area (Å²) in [7, 11) is 0. The predicted octanol–water partition coefficient (Wildman–Crippen LogP) is 3.63. The number of hydrogen-bond acceptors (Lipinski definition) is 1. The van der Waals surface area contributed by atoms with Crippen molar-refractivity contribution in [2.75, 3.05) is 0 Å². The van der Waals surface area contributed by atoms with Crippen molar-refractivity contribution < 1.29 is 4.79 Å². The number of Topliss-reactive ketones (excluding diaryl/α,β-unsaturated/α-hetero) is 1. The van der Waals surface area contributed by atoms with Gasteiger partial charge in [0.05, 0.1) is 0 Å². The lowest BCUT2D eigenvalue weighted by Crippen LogP contribution is -2.13. The molecule has 0 radical (unpaired) electrons. The highest BCUT2D eigenvalue weighted by atomic mass is 16.1. The van der Waals surface area contributed by atoms with E-state index in [2.05, 4.69) is 12.0 Å². The number of hydrogen-bond donors (Lipinski definition) is 0. The summed E-state index contributed by atoms with van der Waals surface area (Å²) >= 11 is 0. The molecular weight excluding hydrogens is 208 g/mol. The normalized spacial score (nSPS) is 19.2. The molecule has 0 aromatic heterocycles. The Morgan fingerprint density at radius 2 is 2.18 bits per heavy atom. The average molecular weight is 226 g/mol. The van der Waals surface area contributed by atoms with Gasteiger partial charge in [-0.05, 0) is 37.7 Å². The van der Waals surface area contributed by atoms with Crippen LogP contribution in [0, 0.1) is 18.3 Å². The van der Waals surface area contributed by atoms with Crippen LogP contribution in [0.4, 0.5) is 0 Å². The monoisotopic (exact) mass is 226 g/mol. The van der Waals surface area contributed by atoms with Gasteiger partial charge in [-0.2, -0.15) is 0 Å². The summed E-state index contributed by atoms with van der Waals surface area (Å²) in [6.07, 6.45) is 11.1. The fourth-order valence-electron chi connectivity index (χ4n) is 2.59. The number of fused-ring (bicyclic) bond motifs is 1. The van der Waals surface area contributed by atoms with Gasteiger partial charge in [0.1, 0.15) is 0 Å². The van der Waals surface area contributed by atoms with E-state index >= 15 is 0 Å². The molecule has 1 atom stereocenters. The van der Waals surface area contributed by atoms with Crippen LogP contribution in [0.25, 0.3) is 0 Å². The van der Waals surface area contributed by atoms with Gasteiger partial charge in [-0.15, -0.1) is 12.3 Å². The van der Waals surface area contributed by atoms with E-state index in [9.17, 15) is 4.79 Å². The number of carbonyl (C=O) groups is 1. The van der Waals surface area contributed by atoms with Crippen LogP contribution in [0.1, 0.15) is 48.0 Å². The van der Waals surface area contributed by atoms with Gasteiger partial charge in [0.25, 0.3) is 0 Å². The van der Waals surface area contributed by atoms with E-state index in [1.54, 1.807) is 0 Å². The minimum atomic E-state index is 0.187. The van der Waals surface area contributed by atoms with Crippen LogP contribution in [-0.2, 0) is 6.42 Å². The van der Waals surface area contributed by atoms with Crippen molar-refractivity contribution in [2.24, 2.45) is 5.92 Å². The number of terminal acetylenes is 1. The molecule has 0 saturated carbocycles. The van der Waals surface area contributed by atoms with Crippen LogP contribution in [0.15, 0.2) is 24.3 Å². The number of ketones is 1. The smallest absolute Gasteiger partial charge is 0.166 e. The summed E-state index contributed by atoms with van der Waals surface area (Å²) in [5.74, 6) is 3.16. The molecule has 1 heteroatoms. The first kappa shape index (κ1) is 11.9. The van der Waals surface area contributed by atoms with Crippen molar-refractivity contribution >= 4 is 5.78 Å². The van der Waals surface area contributed by atoms with E-state index in [1.807, 2.05) is 18.2 Å². The SMILES string of the molecule is C#CCCCC1CCCc2ccccc2C1=O. The Morgan fingerprint density at radius 1 is 1.35 bits per heavy atom. The molecule has 0 spiro atoms. The topological polar surface area (TPSA) is 17.1 Å². The number of aryl methyl sites for hydroxylation is 1. The molecule has 0 N–H and O–H groups in total. The van der Waals surface area contributed by atoms with Gasteiger partial charge in [-0.1, -0.05) is 24.3 Å². The zero-order valence-electron chi connectivity index (χ0n) is 10.1. The molecule has 0 aliphatic heterocycles. The number of unbranched alkanes of at least 4 members (excludes halogenated alkanes) is 1. The number of benzene rings is 1. The molecule has 0 fully saturated rings. The second kappa shape index (κ2) is 5.68. The third kappa shape index (κ3) is 2.77. The van der Waals surface area contributed by atoms with Gasteiger partial charge < -0.3 is 0 Å². The first-order valence-electron chi connectivity index (χ1n) is 6.38. The highest BCUT2D eigenvalue weighted by Crippen LogP contribution is 2.27. The fourth-order valence-corrected chi connectivity index (χ4v) is 2.59. The van der Waals surface area contributed by atoms with Crippen LogP contribution in [-0.4, -0.2) is 5.78 Å². The lowest BCUT2D eigenvalue weighted by molar-refractivity contribution is 0.0908. The van der Waals surface area contributed by atoms with Crippen molar-refractivity contribution in [3.63, 3.8) is 0 Å². The second-order valence-electron chi connectivity index (χ2n) is 4.71. The Kier molecular flexibility index (Phi) is 3.98. The summed E-state index contributed by atoms with van der Waals surface area (Å²) in [5, 5.41) is 0. The molecule has 1 aromatic rings. The Labute approximate surface area is 103 Å². The Hall–Kier alpha value is -1.55. The molecule has 1 aromatic carbocycles. The van der Waals surface area contributed by atoms with E-state index in [4.69, 9.17) is 6.42 Å². The molecule has 17 heavy (non-hydrogen) atoms. The van der Waals surface area contributed by atoms with Crippen molar-refractivity contribution in [1.82, 2.24) is 0 Å². The van der Waals surface area contributed by atoms with Gasteiger partial charge in [-0.3, -0.25) is 4.79 Å². The molecule has 1 unspecified atom stereocenters. The van der Waals surface area contributed by atoms with Crippen LogP contribution < -0.4 is 0 Å². The van der Waals surface area contributed by atoms with Gasteiger partial charge in [0, 0.05) is 17.9 Å². The predicted molar refractivity (Wildman–Crippen MR) is 69.9 cm³/mol. The van der Waals surface area contributed by atoms with Crippen molar-refractivity contribution in [3.05, 3.63) is 35.4 Å². The van der Waals surface area contributed by atoms with E-state index in [1.165, 1.54) is 5.56 Å². The van der Waals surface area contributed by atoms with Crippen molar-refractivity contribution in [1.29, 1.82) is 0 Å². The largest absolute Gasteiger partial charge is 0.294 e. The zero-order valence-corrected chi connectivity index (χ0v) is 10.1. The van der Waals surface area contributed by atoms with Crippen LogP contribution in [0.2, 0.25) is 0 Å². The molecule has 0 bridgehead atoms. The molecule has 1 aliphatic carbocycles. The molecule has 1 aliphatic rings. The Bertz CT molecular complexity index is 439. The zero-order chi connectivity index (χ0) is 12.1. The van der Waals surface area contributed by atoms with E-state index in [0.717, 1.165) is 44.1 Å².